The van der Waals surface area contributed by atoms with Crippen molar-refractivity contribution in [3.8, 4) is 6.07 Å². The minimum atomic E-state index is -0.274. The van der Waals surface area contributed by atoms with Crippen molar-refractivity contribution in [1.82, 2.24) is 0 Å². The van der Waals surface area contributed by atoms with Gasteiger partial charge < -0.3 is 5.32 Å². The Morgan fingerprint density at radius 3 is 2.26 bits per heavy atom. The summed E-state index contributed by atoms with van der Waals surface area (Å²) in [5.41, 5.74) is 2.05. The Morgan fingerprint density at radius 2 is 1.68 bits per heavy atom. The van der Waals surface area contributed by atoms with Crippen LogP contribution >= 0.6 is 11.6 Å². The van der Waals surface area contributed by atoms with Crippen molar-refractivity contribution >= 4 is 17.3 Å². The van der Waals surface area contributed by atoms with Gasteiger partial charge in [0, 0.05) is 16.6 Å². The second-order valence-corrected chi connectivity index (χ2v) is 4.89. The van der Waals surface area contributed by atoms with Crippen LogP contribution in [0.5, 0.6) is 0 Å². The van der Waals surface area contributed by atoms with Crippen molar-refractivity contribution in [3.63, 3.8) is 0 Å². The Balaban J connectivity index is 2.13. The number of hydrogen-bond donors (Lipinski definition) is 1. The predicted octanol–water partition coefficient (Wildman–Crippen LogP) is 4.45. The Kier molecular flexibility index (Phi) is 4.43. The molecule has 0 bridgehead atoms. The summed E-state index contributed by atoms with van der Waals surface area (Å²) in [6.45, 7) is 2.05. The molecule has 2 atom stereocenters. The largest absolute Gasteiger partial charge is 0.369 e. The lowest BCUT2D eigenvalue weighted by molar-refractivity contribution is 0.710. The molecule has 0 aliphatic carbocycles. The van der Waals surface area contributed by atoms with E-state index < -0.39 is 0 Å². The number of hydrogen-bond acceptors (Lipinski definition) is 2. The minimum Gasteiger partial charge on any atom is -0.369 e. The van der Waals surface area contributed by atoms with Crippen LogP contribution in [0.2, 0.25) is 5.02 Å². The van der Waals surface area contributed by atoms with Gasteiger partial charge in [-0.3, -0.25) is 0 Å². The van der Waals surface area contributed by atoms with Crippen molar-refractivity contribution in [2.45, 2.75) is 18.9 Å². The normalized spacial score (nSPS) is 13.3. The number of nitriles is 1. The van der Waals surface area contributed by atoms with Crippen molar-refractivity contribution in [2.75, 3.05) is 5.32 Å². The second kappa shape index (κ2) is 6.26. The van der Waals surface area contributed by atoms with Crippen LogP contribution in [0, 0.1) is 11.3 Å². The Morgan fingerprint density at radius 1 is 1.05 bits per heavy atom. The van der Waals surface area contributed by atoms with Gasteiger partial charge in [0.1, 0.15) is 6.04 Å². The molecule has 0 aromatic heterocycles. The monoisotopic (exact) mass is 270 g/mol. The van der Waals surface area contributed by atoms with Crippen LogP contribution in [-0.4, -0.2) is 6.04 Å². The van der Waals surface area contributed by atoms with Crippen molar-refractivity contribution in [3.05, 3.63) is 65.2 Å². The number of nitrogens with one attached hydrogen (secondary N) is 1. The molecule has 0 aliphatic rings. The number of benzene rings is 2. The fourth-order valence-electron chi connectivity index (χ4n) is 1.94. The first kappa shape index (κ1) is 13.5. The van der Waals surface area contributed by atoms with Gasteiger partial charge in [-0.1, -0.05) is 48.9 Å². The second-order valence-electron chi connectivity index (χ2n) is 4.46. The molecule has 96 valence electrons. The van der Waals surface area contributed by atoms with E-state index in [1.165, 1.54) is 0 Å². The summed E-state index contributed by atoms with van der Waals surface area (Å²) in [5, 5.41) is 13.3. The highest BCUT2D eigenvalue weighted by Gasteiger charge is 2.18. The molecule has 1 N–H and O–H groups in total. The van der Waals surface area contributed by atoms with Crippen LogP contribution in [0.1, 0.15) is 18.4 Å². The van der Waals surface area contributed by atoms with Gasteiger partial charge in [-0.25, -0.2) is 0 Å². The van der Waals surface area contributed by atoms with Crippen LogP contribution in [0.25, 0.3) is 0 Å². The van der Waals surface area contributed by atoms with Gasteiger partial charge in [-0.2, -0.15) is 5.26 Å². The first-order valence-electron chi connectivity index (χ1n) is 6.17. The average Bonchev–Trinajstić information content (AvgIpc) is 2.47. The lowest BCUT2D eigenvalue weighted by atomic mass is 9.94. The van der Waals surface area contributed by atoms with E-state index in [9.17, 15) is 5.26 Å². The molecule has 19 heavy (non-hydrogen) atoms. The van der Waals surface area contributed by atoms with Crippen molar-refractivity contribution in [2.24, 2.45) is 0 Å². The third kappa shape index (κ3) is 3.49. The highest BCUT2D eigenvalue weighted by atomic mass is 35.5. The molecule has 2 rings (SSSR count). The lowest BCUT2D eigenvalue weighted by Crippen LogP contribution is -2.24. The zero-order valence-corrected chi connectivity index (χ0v) is 11.4. The first-order chi connectivity index (χ1) is 9.20. The van der Waals surface area contributed by atoms with Gasteiger partial charge >= 0.3 is 0 Å². The maximum atomic E-state index is 9.34. The Bertz CT molecular complexity index is 558. The molecular weight excluding hydrogens is 256 g/mol. The quantitative estimate of drug-likeness (QED) is 0.891. The highest BCUT2D eigenvalue weighted by molar-refractivity contribution is 6.30. The van der Waals surface area contributed by atoms with E-state index in [4.69, 9.17) is 11.6 Å². The molecule has 0 radical (unpaired) electrons. The third-order valence-corrected chi connectivity index (χ3v) is 3.38. The molecule has 2 nitrogen and oxygen atoms in total. The van der Waals surface area contributed by atoms with Crippen LogP contribution in [0.4, 0.5) is 5.69 Å². The number of rotatable bonds is 4. The lowest BCUT2D eigenvalue weighted by Gasteiger charge is -2.20. The zero-order chi connectivity index (χ0) is 13.7. The van der Waals surface area contributed by atoms with Crippen molar-refractivity contribution in [1.29, 1.82) is 5.26 Å². The van der Waals surface area contributed by atoms with Gasteiger partial charge in [-0.15, -0.1) is 0 Å². The SMILES string of the molecule is CC(c1ccccc1)C(C#N)Nc1ccc(Cl)cc1. The van der Waals surface area contributed by atoms with Gasteiger partial charge in [-0.05, 0) is 29.8 Å². The Hall–Kier alpha value is -1.98. The average molecular weight is 271 g/mol. The summed E-state index contributed by atoms with van der Waals surface area (Å²) in [5.74, 6) is 0.113. The zero-order valence-electron chi connectivity index (χ0n) is 10.7. The maximum absolute atomic E-state index is 9.34. The fraction of sp³-hybridized carbons (Fsp3) is 0.188. The van der Waals surface area contributed by atoms with E-state index in [0.717, 1.165) is 11.3 Å². The van der Waals surface area contributed by atoms with E-state index in [2.05, 4.69) is 11.4 Å². The summed E-state index contributed by atoms with van der Waals surface area (Å²) < 4.78 is 0. The van der Waals surface area contributed by atoms with Crippen LogP contribution in [-0.2, 0) is 0 Å². The predicted molar refractivity (Wildman–Crippen MR) is 79.3 cm³/mol. The van der Waals surface area contributed by atoms with E-state index in [0.29, 0.717) is 5.02 Å². The summed E-state index contributed by atoms with van der Waals surface area (Å²) in [7, 11) is 0. The van der Waals surface area contributed by atoms with E-state index in [1.807, 2.05) is 61.5 Å². The molecule has 0 amide bonds. The molecule has 2 aromatic carbocycles. The molecule has 0 aliphatic heterocycles. The van der Waals surface area contributed by atoms with Gasteiger partial charge in [0.05, 0.1) is 6.07 Å². The maximum Gasteiger partial charge on any atom is 0.121 e. The molecule has 0 saturated carbocycles. The molecule has 2 unspecified atom stereocenters. The molecule has 2 aromatic rings. The topological polar surface area (TPSA) is 35.8 Å². The minimum absolute atomic E-state index is 0.113. The molecule has 3 heteroatoms. The molecule has 0 heterocycles. The summed E-state index contributed by atoms with van der Waals surface area (Å²) in [6, 6.07) is 19.5. The van der Waals surface area contributed by atoms with E-state index in [-0.39, 0.29) is 12.0 Å². The fourth-order valence-corrected chi connectivity index (χ4v) is 2.07. The van der Waals surface area contributed by atoms with Crippen LogP contribution in [0.15, 0.2) is 54.6 Å². The summed E-state index contributed by atoms with van der Waals surface area (Å²) in [4.78, 5) is 0. The Labute approximate surface area is 118 Å². The van der Waals surface area contributed by atoms with Gasteiger partial charge in [0.2, 0.25) is 0 Å². The third-order valence-electron chi connectivity index (χ3n) is 3.13. The number of anilines is 1. The summed E-state index contributed by atoms with van der Waals surface area (Å²) in [6.07, 6.45) is 0. The summed E-state index contributed by atoms with van der Waals surface area (Å²) >= 11 is 5.85. The van der Waals surface area contributed by atoms with Crippen LogP contribution in [0.3, 0.4) is 0 Å². The van der Waals surface area contributed by atoms with E-state index >= 15 is 0 Å². The van der Waals surface area contributed by atoms with E-state index in [1.54, 1.807) is 0 Å². The first-order valence-corrected chi connectivity index (χ1v) is 6.55. The van der Waals surface area contributed by atoms with Gasteiger partial charge in [0.25, 0.3) is 0 Å². The number of halogens is 1. The molecule has 0 spiro atoms. The smallest absolute Gasteiger partial charge is 0.121 e. The molecule has 0 fully saturated rings. The standard InChI is InChI=1S/C16H15ClN2/c1-12(13-5-3-2-4-6-13)16(11-18)19-15-9-7-14(17)8-10-15/h2-10,12,16,19H,1H3. The number of nitrogens with zero attached hydrogens (tertiary/aromatic N) is 1. The van der Waals surface area contributed by atoms with Gasteiger partial charge in [0.15, 0.2) is 0 Å². The van der Waals surface area contributed by atoms with Crippen molar-refractivity contribution < 1.29 is 0 Å². The molecule has 0 saturated heterocycles. The highest BCUT2D eigenvalue weighted by Crippen LogP contribution is 2.22. The molecular formula is C16H15ClN2. The van der Waals surface area contributed by atoms with Crippen LogP contribution < -0.4 is 5.32 Å².